The lowest BCUT2D eigenvalue weighted by atomic mass is 10.0. The van der Waals surface area contributed by atoms with Crippen molar-refractivity contribution in [2.45, 2.75) is 40.7 Å². The fourth-order valence-electron chi connectivity index (χ4n) is 5.01. The highest BCUT2D eigenvalue weighted by Gasteiger charge is 2.21. The number of hydrogen-bond acceptors (Lipinski definition) is 5. The fourth-order valence-corrected chi connectivity index (χ4v) is 5.01. The van der Waals surface area contributed by atoms with Crippen LogP contribution in [0.5, 0.6) is 0 Å². The Morgan fingerprint density at radius 1 is 0.868 bits per heavy atom. The van der Waals surface area contributed by atoms with E-state index in [4.69, 9.17) is 10.1 Å². The summed E-state index contributed by atoms with van der Waals surface area (Å²) in [5.41, 5.74) is 9.83. The second-order valence-electron chi connectivity index (χ2n) is 10.2. The molecule has 38 heavy (non-hydrogen) atoms. The van der Waals surface area contributed by atoms with E-state index in [0.29, 0.717) is 0 Å². The first-order valence-electron chi connectivity index (χ1n) is 13.3. The maximum atomic E-state index is 5.00. The quantitative estimate of drug-likeness (QED) is 0.231. The van der Waals surface area contributed by atoms with Crippen LogP contribution in [-0.2, 0) is 6.54 Å². The van der Waals surface area contributed by atoms with Crippen LogP contribution in [0.1, 0.15) is 35.9 Å². The third kappa shape index (κ3) is 4.99. The summed E-state index contributed by atoms with van der Waals surface area (Å²) < 4.78 is 2.02. The van der Waals surface area contributed by atoms with Crippen molar-refractivity contribution in [3.05, 3.63) is 95.4 Å². The second kappa shape index (κ2) is 10.7. The molecule has 6 nitrogen and oxygen atoms in total. The number of fused-ring (bicyclic) bond motifs is 1. The molecule has 0 N–H and O–H groups in total. The zero-order chi connectivity index (χ0) is 26.8. The zero-order valence-corrected chi connectivity index (χ0v) is 23.2. The van der Waals surface area contributed by atoms with Gasteiger partial charge in [0.15, 0.2) is 5.65 Å². The van der Waals surface area contributed by atoms with Gasteiger partial charge in [0.05, 0.1) is 11.3 Å². The molecule has 0 unspecified atom stereocenters. The molecule has 0 aliphatic rings. The lowest BCUT2D eigenvalue weighted by Gasteiger charge is -2.25. The summed E-state index contributed by atoms with van der Waals surface area (Å²) in [4.78, 5) is 14.1. The Labute approximate surface area is 225 Å². The van der Waals surface area contributed by atoms with Gasteiger partial charge in [-0.05, 0) is 55.5 Å². The molecular weight excluding hydrogens is 468 g/mol. The van der Waals surface area contributed by atoms with Gasteiger partial charge in [-0.2, -0.15) is 9.61 Å². The highest BCUT2D eigenvalue weighted by atomic mass is 15.4. The monoisotopic (exact) mass is 504 g/mol. The van der Waals surface area contributed by atoms with Crippen LogP contribution in [0.25, 0.3) is 27.9 Å². The van der Waals surface area contributed by atoms with Crippen molar-refractivity contribution in [2.24, 2.45) is 0 Å². The maximum absolute atomic E-state index is 5.00. The van der Waals surface area contributed by atoms with Gasteiger partial charge in [0.25, 0.3) is 0 Å². The van der Waals surface area contributed by atoms with E-state index in [1.807, 2.05) is 29.7 Å². The van der Waals surface area contributed by atoms with Gasteiger partial charge >= 0.3 is 0 Å². The van der Waals surface area contributed by atoms with Crippen molar-refractivity contribution in [1.82, 2.24) is 19.6 Å². The number of hydrogen-bond donors (Lipinski definition) is 0. The van der Waals surface area contributed by atoms with Crippen LogP contribution in [0.2, 0.25) is 0 Å². The molecule has 0 aliphatic heterocycles. The predicted molar refractivity (Wildman–Crippen MR) is 158 cm³/mol. The number of pyridine rings is 1. The molecule has 0 saturated heterocycles. The van der Waals surface area contributed by atoms with E-state index in [-0.39, 0.29) is 0 Å². The molecule has 0 saturated carbocycles. The van der Waals surface area contributed by atoms with E-state index in [1.54, 1.807) is 0 Å². The number of benzene rings is 2. The fraction of sp³-hybridized carbons (Fsp3) is 0.281. The summed E-state index contributed by atoms with van der Waals surface area (Å²) in [5, 5.41) is 5.00. The lowest BCUT2D eigenvalue weighted by molar-refractivity contribution is 0.728. The Morgan fingerprint density at radius 2 is 1.58 bits per heavy atom. The van der Waals surface area contributed by atoms with Gasteiger partial charge in [-0.1, -0.05) is 61.5 Å². The minimum absolute atomic E-state index is 0.799. The van der Waals surface area contributed by atoms with Gasteiger partial charge in [0.2, 0.25) is 0 Å². The van der Waals surface area contributed by atoms with Gasteiger partial charge in [-0.25, -0.2) is 9.97 Å². The Bertz CT molecular complexity index is 1550. The molecule has 0 spiro atoms. The minimum Gasteiger partial charge on any atom is -0.363 e. The van der Waals surface area contributed by atoms with Crippen LogP contribution >= 0.6 is 0 Å². The zero-order valence-electron chi connectivity index (χ0n) is 23.2. The number of anilines is 2. The van der Waals surface area contributed by atoms with Gasteiger partial charge in [0.1, 0.15) is 11.6 Å². The van der Waals surface area contributed by atoms with E-state index in [1.165, 1.54) is 16.7 Å². The van der Waals surface area contributed by atoms with Crippen LogP contribution in [0.4, 0.5) is 11.6 Å². The molecule has 2 aromatic carbocycles. The first-order chi connectivity index (χ1) is 18.4. The van der Waals surface area contributed by atoms with Crippen LogP contribution in [0.3, 0.4) is 0 Å². The topological polar surface area (TPSA) is 49.6 Å². The summed E-state index contributed by atoms with van der Waals surface area (Å²) in [6.45, 7) is 10.2. The van der Waals surface area contributed by atoms with Crippen molar-refractivity contribution in [1.29, 1.82) is 0 Å². The van der Waals surface area contributed by atoms with Gasteiger partial charge in [-0.15, -0.1) is 0 Å². The molecular formula is C32H36N6. The Balaban J connectivity index is 1.54. The number of aromatic nitrogens is 4. The van der Waals surface area contributed by atoms with Crippen molar-refractivity contribution in [2.75, 3.05) is 30.4 Å². The largest absolute Gasteiger partial charge is 0.363 e. The van der Waals surface area contributed by atoms with Crippen LogP contribution < -0.4 is 9.80 Å². The third-order valence-corrected chi connectivity index (χ3v) is 6.95. The van der Waals surface area contributed by atoms with Crippen LogP contribution in [0.15, 0.2) is 72.9 Å². The highest BCUT2D eigenvalue weighted by Crippen LogP contribution is 2.33. The molecule has 5 aromatic rings. The minimum atomic E-state index is 0.799. The van der Waals surface area contributed by atoms with Gasteiger partial charge in [0, 0.05) is 50.7 Å². The third-order valence-electron chi connectivity index (χ3n) is 6.95. The van der Waals surface area contributed by atoms with E-state index in [2.05, 4.69) is 104 Å². The number of aryl methyl sites for hydroxylation is 3. The van der Waals surface area contributed by atoms with E-state index in [9.17, 15) is 0 Å². The average molecular weight is 505 g/mol. The summed E-state index contributed by atoms with van der Waals surface area (Å²) in [6.07, 6.45) is 2.99. The molecule has 6 heteroatoms. The molecule has 0 atom stereocenters. The van der Waals surface area contributed by atoms with Crippen molar-refractivity contribution >= 4 is 17.3 Å². The van der Waals surface area contributed by atoms with Crippen LogP contribution in [-0.4, -0.2) is 40.2 Å². The van der Waals surface area contributed by atoms with E-state index >= 15 is 0 Å². The summed E-state index contributed by atoms with van der Waals surface area (Å²) >= 11 is 0. The summed E-state index contributed by atoms with van der Waals surface area (Å²) in [7, 11) is 4.02. The van der Waals surface area contributed by atoms with Crippen LogP contribution in [0, 0.1) is 20.8 Å². The molecule has 194 valence electrons. The molecule has 0 radical (unpaired) electrons. The highest BCUT2D eigenvalue weighted by molar-refractivity contribution is 5.83. The summed E-state index contributed by atoms with van der Waals surface area (Å²) in [6, 6.07) is 23.7. The normalized spacial score (nSPS) is 11.2. The first kappa shape index (κ1) is 25.5. The Morgan fingerprint density at radius 3 is 2.24 bits per heavy atom. The average Bonchev–Trinajstić information content (AvgIpc) is 3.24. The lowest BCUT2D eigenvalue weighted by Crippen LogP contribution is -2.26. The number of rotatable bonds is 8. The van der Waals surface area contributed by atoms with Crippen molar-refractivity contribution in [3.8, 4) is 22.3 Å². The number of nitrogens with zero attached hydrogens (tertiary/aromatic N) is 6. The molecule has 0 bridgehead atoms. The molecule has 5 rings (SSSR count). The summed E-state index contributed by atoms with van der Waals surface area (Å²) in [5.74, 6) is 2.00. The van der Waals surface area contributed by atoms with Gasteiger partial charge in [-0.3, -0.25) is 0 Å². The van der Waals surface area contributed by atoms with E-state index in [0.717, 1.165) is 64.9 Å². The van der Waals surface area contributed by atoms with Crippen molar-refractivity contribution < 1.29 is 0 Å². The van der Waals surface area contributed by atoms with Crippen molar-refractivity contribution in [3.63, 3.8) is 0 Å². The first-order valence-corrected chi connectivity index (χ1v) is 13.3. The molecule has 0 aliphatic carbocycles. The smallest absolute Gasteiger partial charge is 0.165 e. The SMILES string of the molecule is CCCN(Cc1ccc(-c2ccccc2)cc1)c1cc(C)nc2c(-c3cnc(N(C)C)cc3C)c(C)nn12. The second-order valence-corrected chi connectivity index (χ2v) is 10.2. The maximum Gasteiger partial charge on any atom is 0.165 e. The van der Waals surface area contributed by atoms with Gasteiger partial charge < -0.3 is 9.80 Å². The Hall–Kier alpha value is -4.19. The van der Waals surface area contributed by atoms with E-state index < -0.39 is 0 Å². The molecule has 0 amide bonds. The molecule has 3 aromatic heterocycles. The molecule has 3 heterocycles. The Kier molecular flexibility index (Phi) is 7.14. The predicted octanol–water partition coefficient (Wildman–Crippen LogP) is 6.87. The standard InChI is InChI=1S/C32H36N6/c1-7-17-37(21-25-13-15-27(16-14-25)26-11-9-8-10-12-26)30-19-23(3)34-32-31(24(4)35-38(30)32)28-20-33-29(36(5)6)18-22(28)2/h8-16,18-20H,7,17,21H2,1-6H3. The molecule has 0 fully saturated rings.